The largest absolute Gasteiger partial charge is 0.496 e. The molecule has 6 nitrogen and oxygen atoms in total. The number of likely N-dealkylation sites (tertiary alicyclic amines) is 1. The Morgan fingerprint density at radius 3 is 2.86 bits per heavy atom. The maximum absolute atomic E-state index is 12.6. The maximum Gasteiger partial charge on any atom is 0.401 e. The number of benzene rings is 1. The van der Waals surface area contributed by atoms with Gasteiger partial charge in [-0.15, -0.1) is 0 Å². The molecule has 1 aromatic carbocycles. The van der Waals surface area contributed by atoms with Gasteiger partial charge in [0.15, 0.2) is 5.96 Å². The summed E-state index contributed by atoms with van der Waals surface area (Å²) in [6.45, 7) is 4.91. The molecule has 9 heteroatoms. The van der Waals surface area contributed by atoms with E-state index in [-0.39, 0.29) is 12.1 Å². The number of fused-ring (bicyclic) bond motifs is 1. The van der Waals surface area contributed by atoms with Gasteiger partial charge in [-0.3, -0.25) is 4.90 Å². The molecular formula is C20H29F3N4O2. The van der Waals surface area contributed by atoms with Crippen LogP contribution in [0.2, 0.25) is 0 Å². The monoisotopic (exact) mass is 414 g/mol. The zero-order valence-electron chi connectivity index (χ0n) is 17.1. The van der Waals surface area contributed by atoms with Crippen molar-refractivity contribution in [2.75, 3.05) is 33.3 Å². The maximum atomic E-state index is 12.6. The molecule has 2 atom stereocenters. The first kappa shape index (κ1) is 21.5. The number of nitrogens with zero attached hydrogens (tertiary/aromatic N) is 2. The first-order valence-electron chi connectivity index (χ1n) is 9.97. The van der Waals surface area contributed by atoms with Gasteiger partial charge < -0.3 is 20.1 Å². The number of methoxy groups -OCH3 is 1. The number of hydrogen-bond acceptors (Lipinski definition) is 4. The van der Waals surface area contributed by atoms with Gasteiger partial charge in [0, 0.05) is 43.2 Å². The predicted molar refractivity (Wildman–Crippen MR) is 106 cm³/mol. The van der Waals surface area contributed by atoms with Crippen molar-refractivity contribution in [2.45, 2.75) is 51.6 Å². The van der Waals surface area contributed by atoms with Gasteiger partial charge in [0.1, 0.15) is 17.6 Å². The minimum Gasteiger partial charge on any atom is -0.496 e. The zero-order valence-corrected chi connectivity index (χ0v) is 17.1. The molecule has 0 radical (unpaired) electrons. The van der Waals surface area contributed by atoms with Gasteiger partial charge in [-0.2, -0.15) is 13.2 Å². The summed E-state index contributed by atoms with van der Waals surface area (Å²) in [5, 5.41) is 6.42. The molecule has 2 unspecified atom stereocenters. The number of halogens is 3. The number of ether oxygens (including phenoxy) is 2. The Balaban J connectivity index is 1.65. The number of aliphatic imine (C=N–C) groups is 1. The Bertz CT molecular complexity index is 739. The minimum atomic E-state index is -4.17. The molecule has 0 saturated carbocycles. The average molecular weight is 414 g/mol. The van der Waals surface area contributed by atoms with Crippen LogP contribution in [-0.2, 0) is 13.0 Å². The van der Waals surface area contributed by atoms with Crippen molar-refractivity contribution in [3.8, 4) is 11.5 Å². The van der Waals surface area contributed by atoms with Crippen molar-refractivity contribution in [2.24, 2.45) is 4.99 Å². The lowest BCUT2D eigenvalue weighted by molar-refractivity contribution is -0.143. The Hall–Kier alpha value is -2.16. The lowest BCUT2D eigenvalue weighted by Crippen LogP contribution is -2.45. The third-order valence-corrected chi connectivity index (χ3v) is 5.07. The van der Waals surface area contributed by atoms with Gasteiger partial charge in [0.25, 0.3) is 0 Å². The zero-order chi connectivity index (χ0) is 21.0. The van der Waals surface area contributed by atoms with E-state index in [1.807, 2.05) is 26.0 Å². The van der Waals surface area contributed by atoms with Crippen LogP contribution in [0.5, 0.6) is 11.5 Å². The van der Waals surface area contributed by atoms with E-state index < -0.39 is 12.7 Å². The first-order chi connectivity index (χ1) is 13.8. The summed E-state index contributed by atoms with van der Waals surface area (Å²) in [5.41, 5.74) is 2.03. The van der Waals surface area contributed by atoms with E-state index in [2.05, 4.69) is 15.6 Å². The van der Waals surface area contributed by atoms with Gasteiger partial charge in [0.05, 0.1) is 20.2 Å². The Morgan fingerprint density at radius 1 is 1.38 bits per heavy atom. The van der Waals surface area contributed by atoms with Crippen LogP contribution in [0.1, 0.15) is 31.4 Å². The van der Waals surface area contributed by atoms with Crippen LogP contribution in [0.25, 0.3) is 0 Å². The SMILES string of the molecule is CCNC(=NCc1cc2c(cc1OC)CC(C)O2)NC1CCN(CC(F)(F)F)C1. The summed E-state index contributed by atoms with van der Waals surface area (Å²) >= 11 is 0. The van der Waals surface area contributed by atoms with Crippen LogP contribution in [0.4, 0.5) is 13.2 Å². The van der Waals surface area contributed by atoms with Crippen LogP contribution in [0.3, 0.4) is 0 Å². The molecule has 162 valence electrons. The van der Waals surface area contributed by atoms with Crippen LogP contribution < -0.4 is 20.1 Å². The van der Waals surface area contributed by atoms with Gasteiger partial charge in [0.2, 0.25) is 0 Å². The van der Waals surface area contributed by atoms with E-state index in [0.717, 1.165) is 29.0 Å². The molecule has 1 aromatic rings. The van der Waals surface area contributed by atoms with E-state index in [4.69, 9.17) is 9.47 Å². The molecule has 0 aliphatic carbocycles. The second-order valence-electron chi connectivity index (χ2n) is 7.58. The second-order valence-corrected chi connectivity index (χ2v) is 7.58. The predicted octanol–water partition coefficient (Wildman–Crippen LogP) is 2.71. The van der Waals surface area contributed by atoms with E-state index in [1.165, 1.54) is 4.90 Å². The van der Waals surface area contributed by atoms with Crippen molar-refractivity contribution < 1.29 is 22.6 Å². The van der Waals surface area contributed by atoms with Crippen molar-refractivity contribution in [3.63, 3.8) is 0 Å². The van der Waals surface area contributed by atoms with E-state index >= 15 is 0 Å². The molecule has 2 aliphatic heterocycles. The molecule has 0 spiro atoms. The molecular weight excluding hydrogens is 385 g/mol. The van der Waals surface area contributed by atoms with E-state index in [1.54, 1.807) is 7.11 Å². The van der Waals surface area contributed by atoms with Gasteiger partial charge in [-0.05, 0) is 32.4 Å². The molecule has 2 aliphatic rings. The summed E-state index contributed by atoms with van der Waals surface area (Å²) in [6, 6.07) is 3.89. The fourth-order valence-corrected chi connectivity index (χ4v) is 3.82. The smallest absolute Gasteiger partial charge is 0.401 e. The third kappa shape index (κ3) is 5.91. The molecule has 29 heavy (non-hydrogen) atoms. The minimum absolute atomic E-state index is 0.0683. The normalized spacial score (nSPS) is 22.3. The fourth-order valence-electron chi connectivity index (χ4n) is 3.82. The summed E-state index contributed by atoms with van der Waals surface area (Å²) < 4.78 is 49.1. The van der Waals surface area contributed by atoms with Crippen LogP contribution in [-0.4, -0.2) is 62.5 Å². The summed E-state index contributed by atoms with van der Waals surface area (Å²) in [7, 11) is 1.63. The molecule has 0 bridgehead atoms. The molecule has 2 N–H and O–H groups in total. The highest BCUT2D eigenvalue weighted by atomic mass is 19.4. The highest BCUT2D eigenvalue weighted by Crippen LogP contribution is 2.35. The van der Waals surface area contributed by atoms with Gasteiger partial charge >= 0.3 is 6.18 Å². The van der Waals surface area contributed by atoms with Crippen molar-refractivity contribution in [1.82, 2.24) is 15.5 Å². The van der Waals surface area contributed by atoms with Crippen LogP contribution >= 0.6 is 0 Å². The molecule has 1 fully saturated rings. The van der Waals surface area contributed by atoms with Crippen molar-refractivity contribution in [1.29, 1.82) is 0 Å². The number of guanidine groups is 1. The van der Waals surface area contributed by atoms with E-state index in [0.29, 0.717) is 38.6 Å². The van der Waals surface area contributed by atoms with Crippen LogP contribution in [0, 0.1) is 0 Å². The summed E-state index contributed by atoms with van der Waals surface area (Å²) in [4.78, 5) is 6.04. The highest BCUT2D eigenvalue weighted by Gasteiger charge is 2.34. The lowest BCUT2D eigenvalue weighted by Gasteiger charge is -2.20. The highest BCUT2D eigenvalue weighted by molar-refractivity contribution is 5.80. The average Bonchev–Trinajstić information content (AvgIpc) is 3.22. The molecule has 2 heterocycles. The quantitative estimate of drug-likeness (QED) is 0.554. The van der Waals surface area contributed by atoms with Gasteiger partial charge in [-0.25, -0.2) is 4.99 Å². The lowest BCUT2D eigenvalue weighted by atomic mass is 10.1. The second kappa shape index (κ2) is 9.11. The molecule has 3 rings (SSSR count). The summed E-state index contributed by atoms with van der Waals surface area (Å²) in [5.74, 6) is 2.21. The Labute approximate surface area is 169 Å². The number of alkyl halides is 3. The number of nitrogens with one attached hydrogen (secondary N) is 2. The Kier molecular flexibility index (Phi) is 6.77. The first-order valence-corrected chi connectivity index (χ1v) is 9.97. The third-order valence-electron chi connectivity index (χ3n) is 5.07. The summed E-state index contributed by atoms with van der Waals surface area (Å²) in [6.07, 6.45) is -2.52. The number of rotatable bonds is 6. The molecule has 0 aromatic heterocycles. The van der Waals surface area contributed by atoms with E-state index in [9.17, 15) is 13.2 Å². The van der Waals surface area contributed by atoms with Crippen LogP contribution in [0.15, 0.2) is 17.1 Å². The number of hydrogen-bond donors (Lipinski definition) is 2. The molecule has 1 saturated heterocycles. The Morgan fingerprint density at radius 2 is 2.17 bits per heavy atom. The topological polar surface area (TPSA) is 58.1 Å². The standard InChI is InChI=1S/C20H29F3N4O2/c1-4-24-19(26-16-5-6-27(11-16)12-20(21,22)23)25-10-15-9-18-14(7-13(2)29-18)8-17(15)28-3/h8-9,13,16H,4-7,10-12H2,1-3H3,(H2,24,25,26). The molecule has 0 amide bonds. The fraction of sp³-hybridized carbons (Fsp3) is 0.650. The van der Waals surface area contributed by atoms with Crippen molar-refractivity contribution >= 4 is 5.96 Å². The van der Waals surface area contributed by atoms with Gasteiger partial charge in [-0.1, -0.05) is 0 Å². The van der Waals surface area contributed by atoms with Crippen molar-refractivity contribution in [3.05, 3.63) is 23.3 Å².